The van der Waals surface area contributed by atoms with E-state index in [2.05, 4.69) is 24.3 Å². The Bertz CT molecular complexity index is 452. The number of allylic oxidation sites excluding steroid dienone is 2. The Labute approximate surface area is 147 Å². The van der Waals surface area contributed by atoms with Gasteiger partial charge in [-0.1, -0.05) is 42.2 Å². The molecule has 0 N–H and O–H groups in total. The second kappa shape index (κ2) is 12.6. The molecule has 0 aliphatic heterocycles. The molecular formula is C21H18Fe. The summed E-state index contributed by atoms with van der Waals surface area (Å²) in [5.41, 5.74) is 1.06. The number of hydrogen-bond acceptors (Lipinski definition) is 0. The van der Waals surface area contributed by atoms with Crippen molar-refractivity contribution in [2.45, 2.75) is 0 Å². The van der Waals surface area contributed by atoms with E-state index in [1.54, 1.807) is 0 Å². The molecule has 3 rings (SSSR count). The topological polar surface area (TPSA) is 0 Å². The van der Waals surface area contributed by atoms with Crippen molar-refractivity contribution in [3.8, 4) is 11.8 Å². The largest absolute Gasteiger partial charge is 0.0900 e. The maximum Gasteiger partial charge on any atom is 0.0420 e. The first kappa shape index (κ1) is 19.1. The van der Waals surface area contributed by atoms with Crippen LogP contribution < -0.4 is 0 Å². The van der Waals surface area contributed by atoms with Crippen LogP contribution in [0.5, 0.6) is 0 Å². The summed E-state index contributed by atoms with van der Waals surface area (Å²) in [4.78, 5) is 0. The molecule has 2 aliphatic carbocycles. The maximum atomic E-state index is 3.23. The van der Waals surface area contributed by atoms with E-state index in [0.717, 1.165) is 5.56 Å². The van der Waals surface area contributed by atoms with E-state index in [1.807, 2.05) is 94.2 Å². The summed E-state index contributed by atoms with van der Waals surface area (Å²) in [6.07, 6.45) is 24.3. The van der Waals surface area contributed by atoms with Gasteiger partial charge in [0.2, 0.25) is 0 Å². The molecule has 0 bridgehead atoms. The fraction of sp³-hybridized carbons (Fsp3) is 0.0476. The van der Waals surface area contributed by atoms with Crippen LogP contribution in [-0.4, -0.2) is 0 Å². The van der Waals surface area contributed by atoms with Gasteiger partial charge in [-0.2, -0.15) is 0 Å². The van der Waals surface area contributed by atoms with E-state index in [1.165, 1.54) is 0 Å². The molecular weight excluding hydrogens is 308 g/mol. The number of hydrogen-bond donors (Lipinski definition) is 0. The van der Waals surface area contributed by atoms with Crippen molar-refractivity contribution in [2.75, 3.05) is 0 Å². The Morgan fingerprint density at radius 3 is 1.95 bits per heavy atom. The van der Waals surface area contributed by atoms with Gasteiger partial charge in [-0.05, 0) is 76.3 Å². The van der Waals surface area contributed by atoms with Crippen LogP contribution in [0.4, 0.5) is 0 Å². The SMILES string of the molecule is C(#C[C@H]1[CH][CH][CH][CH][CH]/C=C\1)c1ccccc1.[CH]1[CH][CH][CH][CH]1.[Fe]. The minimum absolute atomic E-state index is 0. The summed E-state index contributed by atoms with van der Waals surface area (Å²) < 4.78 is 0. The molecule has 22 heavy (non-hydrogen) atoms. The summed E-state index contributed by atoms with van der Waals surface area (Å²) in [6.45, 7) is 0. The van der Waals surface area contributed by atoms with Gasteiger partial charge >= 0.3 is 0 Å². The molecule has 0 spiro atoms. The van der Waals surface area contributed by atoms with Crippen LogP contribution in [-0.2, 0) is 17.1 Å². The van der Waals surface area contributed by atoms with Crippen molar-refractivity contribution < 1.29 is 17.1 Å². The molecule has 0 heterocycles. The van der Waals surface area contributed by atoms with Crippen LogP contribution in [0.3, 0.4) is 0 Å². The van der Waals surface area contributed by atoms with Gasteiger partial charge in [0.05, 0.1) is 0 Å². The normalized spacial score (nSPS) is 21.7. The van der Waals surface area contributed by atoms with Crippen molar-refractivity contribution in [3.63, 3.8) is 0 Å². The Kier molecular flexibility index (Phi) is 10.9. The maximum absolute atomic E-state index is 3.23. The zero-order valence-electron chi connectivity index (χ0n) is 12.2. The summed E-state index contributed by atoms with van der Waals surface area (Å²) in [5.74, 6) is 6.60. The van der Waals surface area contributed by atoms with E-state index in [0.29, 0.717) is 0 Å². The van der Waals surface area contributed by atoms with Gasteiger partial charge in [0.25, 0.3) is 0 Å². The predicted molar refractivity (Wildman–Crippen MR) is 89.0 cm³/mol. The molecule has 1 aromatic carbocycles. The third kappa shape index (κ3) is 8.47. The summed E-state index contributed by atoms with van der Waals surface area (Å²) in [7, 11) is 0. The van der Waals surface area contributed by atoms with E-state index in [-0.39, 0.29) is 23.0 Å². The molecule has 0 saturated heterocycles. The van der Waals surface area contributed by atoms with Gasteiger partial charge in [0.1, 0.15) is 0 Å². The van der Waals surface area contributed by atoms with Crippen molar-refractivity contribution in [1.29, 1.82) is 0 Å². The zero-order chi connectivity index (χ0) is 14.6. The minimum Gasteiger partial charge on any atom is -0.0900 e. The molecule has 1 atom stereocenters. The molecule has 1 aromatic rings. The van der Waals surface area contributed by atoms with E-state index in [4.69, 9.17) is 0 Å². The van der Waals surface area contributed by atoms with Gasteiger partial charge in [-0.15, -0.1) is 0 Å². The summed E-state index contributed by atoms with van der Waals surface area (Å²) >= 11 is 0. The molecule has 110 valence electrons. The standard InChI is InChI=1S/C16H13.C5H5.Fe/c1-2-5-9-15(10-6-3-1)13-14-16-11-7-4-8-12-16;1-2-4-5-3-1;/h1-12,15H;1-5H;/b9-5-;;/t15-;;/m1../s1. The fourth-order valence-corrected chi connectivity index (χ4v) is 1.73. The third-order valence-corrected chi connectivity index (χ3v) is 2.79. The first-order valence-electron chi connectivity index (χ1n) is 7.03. The van der Waals surface area contributed by atoms with Crippen LogP contribution in [0.1, 0.15) is 5.56 Å². The first-order valence-corrected chi connectivity index (χ1v) is 7.03. The molecule has 2 aliphatic rings. The Morgan fingerprint density at radius 2 is 1.27 bits per heavy atom. The van der Waals surface area contributed by atoms with Crippen molar-refractivity contribution >= 4 is 0 Å². The summed E-state index contributed by atoms with van der Waals surface area (Å²) in [6, 6.07) is 10.1. The average Bonchev–Trinajstić information content (AvgIpc) is 3.07. The van der Waals surface area contributed by atoms with Crippen molar-refractivity contribution in [1.82, 2.24) is 0 Å². The smallest absolute Gasteiger partial charge is 0.0420 e. The van der Waals surface area contributed by atoms with Crippen LogP contribution in [0, 0.1) is 82.0 Å². The van der Waals surface area contributed by atoms with Crippen LogP contribution in [0.2, 0.25) is 0 Å². The molecule has 1 saturated carbocycles. The van der Waals surface area contributed by atoms with Gasteiger partial charge in [0.15, 0.2) is 0 Å². The number of rotatable bonds is 0. The first-order chi connectivity index (χ1) is 10.4. The van der Waals surface area contributed by atoms with Crippen molar-refractivity contribution in [3.05, 3.63) is 112 Å². The molecule has 0 aromatic heterocycles. The molecule has 0 unspecified atom stereocenters. The molecule has 0 amide bonds. The predicted octanol–water partition coefficient (Wildman–Crippen LogP) is 4.26. The fourth-order valence-electron chi connectivity index (χ4n) is 1.73. The van der Waals surface area contributed by atoms with Crippen LogP contribution >= 0.6 is 0 Å². The van der Waals surface area contributed by atoms with Crippen molar-refractivity contribution in [2.24, 2.45) is 5.92 Å². The zero-order valence-corrected chi connectivity index (χ0v) is 13.4. The van der Waals surface area contributed by atoms with Gasteiger partial charge < -0.3 is 0 Å². The molecule has 10 radical (unpaired) electrons. The van der Waals surface area contributed by atoms with Gasteiger partial charge in [-0.25, -0.2) is 0 Å². The minimum atomic E-state index is 0. The van der Waals surface area contributed by atoms with Crippen LogP contribution in [0.15, 0.2) is 42.5 Å². The van der Waals surface area contributed by atoms with Gasteiger partial charge in [0, 0.05) is 28.6 Å². The second-order valence-corrected chi connectivity index (χ2v) is 4.47. The molecule has 0 nitrogen and oxygen atoms in total. The Balaban J connectivity index is 0.000000344. The van der Waals surface area contributed by atoms with Gasteiger partial charge in [-0.3, -0.25) is 0 Å². The molecule has 1 fully saturated rings. The number of benzene rings is 1. The van der Waals surface area contributed by atoms with Crippen LogP contribution in [0.25, 0.3) is 0 Å². The Hall–Kier alpha value is -0.961. The van der Waals surface area contributed by atoms with E-state index < -0.39 is 0 Å². The quantitative estimate of drug-likeness (QED) is 0.493. The Morgan fingerprint density at radius 1 is 0.682 bits per heavy atom. The van der Waals surface area contributed by atoms with E-state index in [9.17, 15) is 0 Å². The third-order valence-electron chi connectivity index (χ3n) is 2.79. The monoisotopic (exact) mass is 326 g/mol. The van der Waals surface area contributed by atoms with E-state index >= 15 is 0 Å². The second-order valence-electron chi connectivity index (χ2n) is 4.47. The molecule has 1 heteroatoms. The average molecular weight is 326 g/mol. The summed E-state index contributed by atoms with van der Waals surface area (Å²) in [5, 5.41) is 0.